The number of rotatable bonds is 2. The fourth-order valence-electron chi connectivity index (χ4n) is 3.05. The third-order valence-electron chi connectivity index (χ3n) is 4.51. The van der Waals surface area contributed by atoms with Crippen molar-refractivity contribution in [2.24, 2.45) is 18.9 Å². The van der Waals surface area contributed by atoms with Gasteiger partial charge in [-0.15, -0.1) is 0 Å². The maximum absolute atomic E-state index is 10.8. The van der Waals surface area contributed by atoms with Gasteiger partial charge in [-0.1, -0.05) is 25.4 Å². The summed E-state index contributed by atoms with van der Waals surface area (Å²) in [6, 6.07) is 0. The van der Waals surface area contributed by atoms with Crippen molar-refractivity contribution in [1.29, 1.82) is 0 Å². The molecule has 18 heavy (non-hydrogen) atoms. The maximum atomic E-state index is 10.8. The molecular weight excluding hydrogens is 248 g/mol. The Labute approximate surface area is 114 Å². The molecule has 1 aromatic rings. The van der Waals surface area contributed by atoms with Gasteiger partial charge in [-0.3, -0.25) is 4.68 Å². The van der Waals surface area contributed by atoms with E-state index in [-0.39, 0.29) is 0 Å². The minimum absolute atomic E-state index is 0.569. The van der Waals surface area contributed by atoms with E-state index in [1.54, 1.807) is 4.68 Å². The molecule has 2 rings (SSSR count). The molecule has 3 unspecified atom stereocenters. The summed E-state index contributed by atoms with van der Waals surface area (Å²) in [7, 11) is 1.84. The van der Waals surface area contributed by atoms with Gasteiger partial charge < -0.3 is 5.11 Å². The Hall–Kier alpha value is -0.540. The minimum Gasteiger partial charge on any atom is -0.390 e. The van der Waals surface area contributed by atoms with E-state index < -0.39 is 5.60 Å². The Bertz CT molecular complexity index is 443. The summed E-state index contributed by atoms with van der Waals surface area (Å²) in [4.78, 5) is 0. The van der Waals surface area contributed by atoms with Crippen LogP contribution in [0.4, 0.5) is 0 Å². The Morgan fingerprint density at radius 1 is 1.44 bits per heavy atom. The first-order chi connectivity index (χ1) is 8.32. The average molecular weight is 271 g/mol. The zero-order valence-corrected chi connectivity index (χ0v) is 12.5. The molecule has 0 aromatic carbocycles. The molecule has 1 heterocycles. The molecule has 0 bridgehead atoms. The molecule has 0 radical (unpaired) electrons. The minimum atomic E-state index is -0.608. The lowest BCUT2D eigenvalue weighted by Crippen LogP contribution is -2.39. The summed E-state index contributed by atoms with van der Waals surface area (Å²) >= 11 is 6.25. The monoisotopic (exact) mass is 270 g/mol. The number of halogens is 1. The Balaban J connectivity index is 2.18. The van der Waals surface area contributed by atoms with E-state index in [1.165, 1.54) is 0 Å². The first-order valence-electron chi connectivity index (χ1n) is 6.73. The van der Waals surface area contributed by atoms with Gasteiger partial charge in [0.15, 0.2) is 0 Å². The molecule has 102 valence electrons. The second kappa shape index (κ2) is 4.86. The molecule has 0 amide bonds. The smallest absolute Gasteiger partial charge is 0.130 e. The first-order valence-corrected chi connectivity index (χ1v) is 7.10. The second-order valence-corrected chi connectivity index (χ2v) is 6.43. The van der Waals surface area contributed by atoms with Crippen molar-refractivity contribution in [1.82, 2.24) is 9.78 Å². The topological polar surface area (TPSA) is 38.0 Å². The molecule has 3 nitrogen and oxygen atoms in total. The first kappa shape index (κ1) is 13.9. The molecule has 1 aromatic heterocycles. The summed E-state index contributed by atoms with van der Waals surface area (Å²) in [6.07, 6.45) is 3.44. The number of hydrogen-bond donors (Lipinski definition) is 1. The molecule has 1 saturated carbocycles. The van der Waals surface area contributed by atoms with Crippen LogP contribution in [0.5, 0.6) is 0 Å². The highest BCUT2D eigenvalue weighted by molar-refractivity contribution is 6.30. The molecule has 1 fully saturated rings. The lowest BCUT2D eigenvalue weighted by Gasteiger charge is -2.39. The van der Waals surface area contributed by atoms with Crippen LogP contribution in [0.3, 0.4) is 0 Å². The number of aliphatic hydroxyl groups is 1. The van der Waals surface area contributed by atoms with Gasteiger partial charge in [0.2, 0.25) is 0 Å². The van der Waals surface area contributed by atoms with Crippen LogP contribution in [0.2, 0.25) is 5.15 Å². The van der Waals surface area contributed by atoms with E-state index in [1.807, 2.05) is 14.0 Å². The van der Waals surface area contributed by atoms with Crippen molar-refractivity contribution in [3.8, 4) is 0 Å². The fourth-order valence-corrected chi connectivity index (χ4v) is 3.29. The second-order valence-electron chi connectivity index (χ2n) is 6.08. The van der Waals surface area contributed by atoms with Crippen LogP contribution < -0.4 is 0 Å². The van der Waals surface area contributed by atoms with Crippen LogP contribution in [-0.2, 0) is 13.5 Å². The average Bonchev–Trinajstić information content (AvgIpc) is 2.51. The van der Waals surface area contributed by atoms with Gasteiger partial charge in [-0.2, -0.15) is 5.10 Å². The zero-order chi connectivity index (χ0) is 13.5. The zero-order valence-electron chi connectivity index (χ0n) is 11.7. The van der Waals surface area contributed by atoms with Crippen LogP contribution in [-0.4, -0.2) is 20.5 Å². The predicted molar refractivity (Wildman–Crippen MR) is 73.8 cm³/mol. The van der Waals surface area contributed by atoms with E-state index in [9.17, 15) is 5.11 Å². The Morgan fingerprint density at radius 2 is 2.11 bits per heavy atom. The quantitative estimate of drug-likeness (QED) is 0.897. The van der Waals surface area contributed by atoms with Crippen molar-refractivity contribution < 1.29 is 5.11 Å². The van der Waals surface area contributed by atoms with E-state index in [0.717, 1.165) is 30.5 Å². The molecule has 3 atom stereocenters. The van der Waals surface area contributed by atoms with E-state index in [0.29, 0.717) is 23.4 Å². The van der Waals surface area contributed by atoms with E-state index >= 15 is 0 Å². The molecule has 0 aliphatic heterocycles. The van der Waals surface area contributed by atoms with Gasteiger partial charge in [0.1, 0.15) is 5.15 Å². The maximum Gasteiger partial charge on any atom is 0.130 e. The van der Waals surface area contributed by atoms with Crippen LogP contribution in [0, 0.1) is 18.8 Å². The molecule has 1 N–H and O–H groups in total. The molecular formula is C14H23ClN2O. The van der Waals surface area contributed by atoms with Gasteiger partial charge in [0.25, 0.3) is 0 Å². The Kier molecular flexibility index (Phi) is 3.75. The molecule has 1 aliphatic carbocycles. The van der Waals surface area contributed by atoms with Crippen molar-refractivity contribution in [2.45, 2.75) is 52.1 Å². The highest BCUT2D eigenvalue weighted by Gasteiger charge is 2.37. The van der Waals surface area contributed by atoms with Gasteiger partial charge in [0.05, 0.1) is 11.3 Å². The number of aromatic nitrogens is 2. The lowest BCUT2D eigenvalue weighted by molar-refractivity contribution is -0.0280. The van der Waals surface area contributed by atoms with Crippen LogP contribution in [0.25, 0.3) is 0 Å². The molecule has 0 spiro atoms. The third kappa shape index (κ3) is 2.57. The largest absolute Gasteiger partial charge is 0.390 e. The number of aryl methyl sites for hydroxylation is 2. The summed E-state index contributed by atoms with van der Waals surface area (Å²) in [5.41, 5.74) is 1.33. The molecule has 0 saturated heterocycles. The standard InChI is InChI=1S/C14H23ClN2O/c1-9-5-6-14(18,7-10(9)2)8-12-11(3)16-17(4)13(12)15/h9-10,18H,5-8H2,1-4H3. The Morgan fingerprint density at radius 3 is 2.61 bits per heavy atom. The lowest BCUT2D eigenvalue weighted by atomic mass is 9.71. The van der Waals surface area contributed by atoms with Crippen LogP contribution >= 0.6 is 11.6 Å². The summed E-state index contributed by atoms with van der Waals surface area (Å²) in [6.45, 7) is 6.46. The highest BCUT2D eigenvalue weighted by atomic mass is 35.5. The molecule has 1 aliphatic rings. The predicted octanol–water partition coefficient (Wildman–Crippen LogP) is 3.11. The van der Waals surface area contributed by atoms with Crippen molar-refractivity contribution in [2.75, 3.05) is 0 Å². The van der Waals surface area contributed by atoms with Crippen LogP contribution in [0.15, 0.2) is 0 Å². The van der Waals surface area contributed by atoms with E-state index in [4.69, 9.17) is 11.6 Å². The van der Waals surface area contributed by atoms with Crippen LogP contribution in [0.1, 0.15) is 44.4 Å². The number of hydrogen-bond acceptors (Lipinski definition) is 2. The van der Waals surface area contributed by atoms with Gasteiger partial charge in [0, 0.05) is 19.0 Å². The van der Waals surface area contributed by atoms with Gasteiger partial charge in [-0.05, 0) is 38.0 Å². The van der Waals surface area contributed by atoms with Crippen molar-refractivity contribution in [3.05, 3.63) is 16.4 Å². The fraction of sp³-hybridized carbons (Fsp3) is 0.786. The summed E-state index contributed by atoms with van der Waals surface area (Å²) < 4.78 is 1.68. The number of nitrogens with zero attached hydrogens (tertiary/aromatic N) is 2. The van der Waals surface area contributed by atoms with Crippen molar-refractivity contribution in [3.63, 3.8) is 0 Å². The normalized spacial score (nSPS) is 32.8. The summed E-state index contributed by atoms with van der Waals surface area (Å²) in [5.74, 6) is 1.27. The third-order valence-corrected chi connectivity index (χ3v) is 4.99. The highest BCUT2D eigenvalue weighted by Crippen LogP contribution is 2.39. The van der Waals surface area contributed by atoms with Gasteiger partial charge >= 0.3 is 0 Å². The molecule has 4 heteroatoms. The van der Waals surface area contributed by atoms with Crippen molar-refractivity contribution >= 4 is 11.6 Å². The van der Waals surface area contributed by atoms with E-state index in [2.05, 4.69) is 18.9 Å². The summed E-state index contributed by atoms with van der Waals surface area (Å²) in [5, 5.41) is 15.7. The van der Waals surface area contributed by atoms with Gasteiger partial charge in [-0.25, -0.2) is 0 Å². The SMILES string of the molecule is Cc1nn(C)c(Cl)c1CC1(O)CCC(C)C(C)C1.